The largest absolute Gasteiger partial charge is 0.489 e. The van der Waals surface area contributed by atoms with E-state index in [0.29, 0.717) is 19.7 Å². The first kappa shape index (κ1) is 21.8. The number of nitrogens with zero attached hydrogens (tertiary/aromatic N) is 1. The van der Waals surface area contributed by atoms with Crippen LogP contribution < -0.4 is 4.74 Å². The molecular weight excluding hydrogens is 393 g/mol. The van der Waals surface area contributed by atoms with Gasteiger partial charge in [-0.05, 0) is 61.1 Å². The van der Waals surface area contributed by atoms with Gasteiger partial charge in [-0.2, -0.15) is 0 Å². The number of carbonyl (C=O) groups excluding carboxylic acids is 1. The van der Waals surface area contributed by atoms with Gasteiger partial charge in [0.1, 0.15) is 18.2 Å². The van der Waals surface area contributed by atoms with Crippen molar-refractivity contribution >= 4 is 5.91 Å². The molecule has 2 fully saturated rings. The fourth-order valence-corrected chi connectivity index (χ4v) is 4.58. The van der Waals surface area contributed by atoms with E-state index in [-0.39, 0.29) is 23.7 Å². The number of hydrogen-bond donors (Lipinski definition) is 0. The quantitative estimate of drug-likeness (QED) is 0.561. The van der Waals surface area contributed by atoms with Gasteiger partial charge in [-0.3, -0.25) is 4.79 Å². The van der Waals surface area contributed by atoms with Crippen LogP contribution >= 0.6 is 0 Å². The van der Waals surface area contributed by atoms with E-state index in [4.69, 9.17) is 9.47 Å². The third-order valence-corrected chi connectivity index (χ3v) is 6.31. The van der Waals surface area contributed by atoms with Crippen LogP contribution in [-0.2, 0) is 22.7 Å². The number of halogens is 1. The summed E-state index contributed by atoms with van der Waals surface area (Å²) in [6.45, 7) is 2.39. The summed E-state index contributed by atoms with van der Waals surface area (Å²) in [6, 6.07) is 14.3. The molecule has 0 unspecified atom stereocenters. The zero-order valence-electron chi connectivity index (χ0n) is 18.1. The first-order valence-electron chi connectivity index (χ1n) is 11.5. The second-order valence-corrected chi connectivity index (χ2v) is 8.75. The normalized spacial score (nSPS) is 19.3. The van der Waals surface area contributed by atoms with Crippen LogP contribution in [0.3, 0.4) is 0 Å². The molecule has 0 N–H and O–H groups in total. The maximum absolute atomic E-state index is 13.3. The van der Waals surface area contributed by atoms with E-state index in [1.54, 1.807) is 6.07 Å². The molecule has 0 spiro atoms. The van der Waals surface area contributed by atoms with Gasteiger partial charge < -0.3 is 14.4 Å². The molecule has 5 heteroatoms. The highest BCUT2D eigenvalue weighted by Gasteiger charge is 2.29. The van der Waals surface area contributed by atoms with Crippen molar-refractivity contribution in [2.45, 2.75) is 64.2 Å². The third kappa shape index (κ3) is 6.30. The molecule has 4 rings (SSSR count). The molecule has 1 saturated heterocycles. The monoisotopic (exact) mass is 425 g/mol. The van der Waals surface area contributed by atoms with E-state index in [1.807, 2.05) is 35.2 Å². The molecule has 1 amide bonds. The molecule has 1 atom stereocenters. The SMILES string of the molecule is O=C(C1CCCCC1)N(Cc1ccc(OCc2cccc(F)c2)cc1)C[C@@H]1CCCO1. The van der Waals surface area contributed by atoms with Crippen LogP contribution in [0, 0.1) is 11.7 Å². The minimum absolute atomic E-state index is 0.154. The third-order valence-electron chi connectivity index (χ3n) is 6.31. The summed E-state index contributed by atoms with van der Waals surface area (Å²) in [5.74, 6) is 0.911. The molecule has 0 radical (unpaired) electrons. The number of rotatable bonds is 8. The van der Waals surface area contributed by atoms with E-state index >= 15 is 0 Å². The number of amides is 1. The summed E-state index contributed by atoms with van der Waals surface area (Å²) < 4.78 is 24.9. The first-order chi connectivity index (χ1) is 15.2. The number of benzene rings is 2. The van der Waals surface area contributed by atoms with E-state index in [9.17, 15) is 9.18 Å². The van der Waals surface area contributed by atoms with Gasteiger partial charge in [-0.1, -0.05) is 43.5 Å². The van der Waals surface area contributed by atoms with Gasteiger partial charge >= 0.3 is 0 Å². The number of hydrogen-bond acceptors (Lipinski definition) is 3. The van der Waals surface area contributed by atoms with Gasteiger partial charge in [0.15, 0.2) is 0 Å². The van der Waals surface area contributed by atoms with Crippen LogP contribution in [0.25, 0.3) is 0 Å². The predicted octanol–water partition coefficient (Wildman–Crippen LogP) is 5.49. The lowest BCUT2D eigenvalue weighted by molar-refractivity contribution is -0.138. The van der Waals surface area contributed by atoms with E-state index in [0.717, 1.165) is 62.0 Å². The van der Waals surface area contributed by atoms with Gasteiger partial charge in [-0.25, -0.2) is 4.39 Å². The van der Waals surface area contributed by atoms with Crippen LogP contribution in [0.2, 0.25) is 0 Å². The molecule has 31 heavy (non-hydrogen) atoms. The Labute approximate surface area is 184 Å². The lowest BCUT2D eigenvalue weighted by Gasteiger charge is -2.31. The fraction of sp³-hybridized carbons (Fsp3) is 0.500. The maximum atomic E-state index is 13.3. The summed E-state index contributed by atoms with van der Waals surface area (Å²) >= 11 is 0. The van der Waals surface area contributed by atoms with Crippen molar-refractivity contribution in [3.63, 3.8) is 0 Å². The van der Waals surface area contributed by atoms with Crippen LogP contribution in [-0.4, -0.2) is 30.1 Å². The minimum Gasteiger partial charge on any atom is -0.489 e. The van der Waals surface area contributed by atoms with Crippen molar-refractivity contribution in [1.29, 1.82) is 0 Å². The van der Waals surface area contributed by atoms with Crippen LogP contribution in [0.5, 0.6) is 5.75 Å². The van der Waals surface area contributed by atoms with Crippen molar-refractivity contribution in [1.82, 2.24) is 4.90 Å². The van der Waals surface area contributed by atoms with Crippen LogP contribution in [0.1, 0.15) is 56.1 Å². The second-order valence-electron chi connectivity index (χ2n) is 8.75. The van der Waals surface area contributed by atoms with Crippen molar-refractivity contribution in [2.24, 2.45) is 5.92 Å². The first-order valence-corrected chi connectivity index (χ1v) is 11.5. The minimum atomic E-state index is -0.259. The summed E-state index contributed by atoms with van der Waals surface area (Å²) in [7, 11) is 0. The Bertz CT molecular complexity index is 842. The highest BCUT2D eigenvalue weighted by atomic mass is 19.1. The molecular formula is C26H32FNO3. The molecule has 2 aromatic rings. The van der Waals surface area contributed by atoms with Crippen molar-refractivity contribution < 1.29 is 18.7 Å². The van der Waals surface area contributed by atoms with Gasteiger partial charge in [0.25, 0.3) is 0 Å². The number of ether oxygens (including phenoxy) is 2. The molecule has 0 bridgehead atoms. The van der Waals surface area contributed by atoms with Crippen LogP contribution in [0.4, 0.5) is 4.39 Å². The summed E-state index contributed by atoms with van der Waals surface area (Å²) in [4.78, 5) is 15.3. The molecule has 2 aliphatic rings. The zero-order valence-corrected chi connectivity index (χ0v) is 18.1. The van der Waals surface area contributed by atoms with Gasteiger partial charge in [0, 0.05) is 25.6 Å². The topological polar surface area (TPSA) is 38.8 Å². The van der Waals surface area contributed by atoms with Crippen LogP contribution in [0.15, 0.2) is 48.5 Å². The Balaban J connectivity index is 1.37. The average molecular weight is 426 g/mol. The fourth-order valence-electron chi connectivity index (χ4n) is 4.58. The highest BCUT2D eigenvalue weighted by molar-refractivity contribution is 5.79. The average Bonchev–Trinajstić information content (AvgIpc) is 3.31. The Morgan fingerprint density at radius 3 is 2.52 bits per heavy atom. The predicted molar refractivity (Wildman–Crippen MR) is 118 cm³/mol. The second kappa shape index (κ2) is 10.8. The van der Waals surface area contributed by atoms with Gasteiger partial charge in [0.05, 0.1) is 6.10 Å². The van der Waals surface area contributed by atoms with Crippen molar-refractivity contribution in [2.75, 3.05) is 13.2 Å². The van der Waals surface area contributed by atoms with Gasteiger partial charge in [-0.15, -0.1) is 0 Å². The Morgan fingerprint density at radius 1 is 1.00 bits per heavy atom. The van der Waals surface area contributed by atoms with E-state index < -0.39 is 0 Å². The van der Waals surface area contributed by atoms with E-state index in [1.165, 1.54) is 18.6 Å². The molecule has 166 valence electrons. The molecule has 0 aromatic heterocycles. The molecule has 1 aliphatic heterocycles. The Hall–Kier alpha value is -2.40. The summed E-state index contributed by atoms with van der Waals surface area (Å²) in [5.41, 5.74) is 1.88. The zero-order chi connectivity index (χ0) is 21.5. The summed E-state index contributed by atoms with van der Waals surface area (Å²) in [5, 5.41) is 0. The van der Waals surface area contributed by atoms with Crippen molar-refractivity contribution in [3.05, 3.63) is 65.5 Å². The molecule has 2 aromatic carbocycles. The smallest absolute Gasteiger partial charge is 0.226 e. The van der Waals surface area contributed by atoms with E-state index in [2.05, 4.69) is 0 Å². The van der Waals surface area contributed by atoms with Gasteiger partial charge in [0.2, 0.25) is 5.91 Å². The summed E-state index contributed by atoms with van der Waals surface area (Å²) in [6.07, 6.45) is 7.83. The molecule has 1 aliphatic carbocycles. The number of carbonyl (C=O) groups is 1. The standard InChI is InChI=1S/C26H32FNO3/c27-23-9-4-6-21(16-23)19-31-24-13-11-20(12-14-24)17-28(18-25-10-5-15-30-25)26(29)22-7-2-1-3-8-22/h4,6,9,11-14,16,22,25H,1-3,5,7-8,10,15,17-19H2/t25-/m0/s1. The Kier molecular flexibility index (Phi) is 7.57. The van der Waals surface area contributed by atoms with Crippen molar-refractivity contribution in [3.8, 4) is 5.75 Å². The molecule has 4 nitrogen and oxygen atoms in total. The lowest BCUT2D eigenvalue weighted by atomic mass is 9.88. The highest BCUT2D eigenvalue weighted by Crippen LogP contribution is 2.27. The maximum Gasteiger partial charge on any atom is 0.226 e. The Morgan fingerprint density at radius 2 is 1.81 bits per heavy atom. The molecule has 1 heterocycles. The molecule has 1 saturated carbocycles. The lowest BCUT2D eigenvalue weighted by Crippen LogP contribution is -2.41.